The van der Waals surface area contributed by atoms with Gasteiger partial charge >= 0.3 is 0 Å². The van der Waals surface area contributed by atoms with E-state index in [1.54, 1.807) is 19.1 Å². The van der Waals surface area contributed by atoms with Gasteiger partial charge in [0.25, 0.3) is 10.0 Å². The van der Waals surface area contributed by atoms with Gasteiger partial charge in [-0.15, -0.1) is 0 Å². The molecule has 3 aromatic rings. The van der Waals surface area contributed by atoms with E-state index in [0.717, 1.165) is 26.6 Å². The highest BCUT2D eigenvalue weighted by molar-refractivity contribution is 7.92. The average molecular weight is 584 g/mol. The smallest absolute Gasteiger partial charge is 0.264 e. The lowest BCUT2D eigenvalue weighted by Gasteiger charge is -2.32. The molecule has 0 fully saturated rings. The van der Waals surface area contributed by atoms with Crippen LogP contribution in [0.2, 0.25) is 5.02 Å². The summed E-state index contributed by atoms with van der Waals surface area (Å²) in [6.07, 6.45) is 0. The van der Waals surface area contributed by atoms with Crippen molar-refractivity contribution in [3.05, 3.63) is 94.0 Å². The second-order valence-corrected chi connectivity index (χ2v) is 12.8. The van der Waals surface area contributed by atoms with Crippen molar-refractivity contribution in [3.8, 4) is 0 Å². The number of aryl methyl sites for hydroxylation is 3. The van der Waals surface area contributed by atoms with Gasteiger partial charge in [0.05, 0.1) is 10.6 Å². The van der Waals surface area contributed by atoms with Crippen LogP contribution < -0.4 is 9.62 Å². The zero-order chi connectivity index (χ0) is 29.6. The number of hydrogen-bond donors (Lipinski definition) is 1. The first-order chi connectivity index (χ1) is 18.8. The van der Waals surface area contributed by atoms with E-state index in [-0.39, 0.29) is 23.3 Å². The molecular formula is C31H38ClN3O4S. The SMILES string of the molecule is Cc1ccc(N(CC(=O)N(Cc2ccccc2C)[C@H](C)C(=O)NCC(C)C)S(=O)(=O)c2ccc(Cl)cc2)cc1C. The fraction of sp³-hybridized carbons (Fsp3) is 0.355. The number of anilines is 1. The molecule has 214 valence electrons. The zero-order valence-electron chi connectivity index (χ0n) is 23.9. The molecule has 0 saturated carbocycles. The fourth-order valence-electron chi connectivity index (χ4n) is 4.15. The van der Waals surface area contributed by atoms with E-state index in [0.29, 0.717) is 17.3 Å². The third-order valence-corrected chi connectivity index (χ3v) is 8.95. The number of amides is 2. The lowest BCUT2D eigenvalue weighted by Crippen LogP contribution is -2.51. The first kappa shape index (κ1) is 31.2. The Morgan fingerprint density at radius 3 is 2.12 bits per heavy atom. The third kappa shape index (κ3) is 7.64. The molecule has 1 N–H and O–H groups in total. The van der Waals surface area contributed by atoms with Crippen molar-refractivity contribution in [3.63, 3.8) is 0 Å². The van der Waals surface area contributed by atoms with Gasteiger partial charge in [-0.05, 0) is 92.3 Å². The number of sulfonamides is 1. The number of nitrogens with one attached hydrogen (secondary N) is 1. The Bertz CT molecular complexity index is 1460. The van der Waals surface area contributed by atoms with E-state index in [4.69, 9.17) is 11.6 Å². The quantitative estimate of drug-likeness (QED) is 0.316. The average Bonchev–Trinajstić information content (AvgIpc) is 2.91. The Morgan fingerprint density at radius 1 is 0.875 bits per heavy atom. The van der Waals surface area contributed by atoms with E-state index < -0.39 is 28.5 Å². The van der Waals surface area contributed by atoms with Crippen molar-refractivity contribution in [1.82, 2.24) is 10.2 Å². The Hall–Kier alpha value is -3.36. The Balaban J connectivity index is 2.05. The monoisotopic (exact) mass is 583 g/mol. The number of halogens is 1. The van der Waals surface area contributed by atoms with Gasteiger partial charge in [-0.1, -0.05) is 55.8 Å². The zero-order valence-corrected chi connectivity index (χ0v) is 25.5. The minimum atomic E-state index is -4.15. The molecule has 3 rings (SSSR count). The summed E-state index contributed by atoms with van der Waals surface area (Å²) in [5.74, 6) is -0.554. The maximum absolute atomic E-state index is 14.0. The molecule has 40 heavy (non-hydrogen) atoms. The maximum atomic E-state index is 14.0. The minimum absolute atomic E-state index is 0.0103. The molecule has 0 aromatic heterocycles. The molecule has 0 aliphatic heterocycles. The van der Waals surface area contributed by atoms with Crippen molar-refractivity contribution in [1.29, 1.82) is 0 Å². The molecule has 9 heteroatoms. The van der Waals surface area contributed by atoms with Crippen LogP contribution in [0.3, 0.4) is 0 Å². The van der Waals surface area contributed by atoms with E-state index in [2.05, 4.69) is 5.32 Å². The van der Waals surface area contributed by atoms with Crippen LogP contribution in [0.4, 0.5) is 5.69 Å². The Kier molecular flexibility index (Phi) is 10.4. The van der Waals surface area contributed by atoms with Gasteiger partial charge in [-0.25, -0.2) is 8.42 Å². The fourth-order valence-corrected chi connectivity index (χ4v) is 5.68. The predicted octanol–water partition coefficient (Wildman–Crippen LogP) is 5.65. The summed E-state index contributed by atoms with van der Waals surface area (Å²) in [7, 11) is -4.15. The Morgan fingerprint density at radius 2 is 1.52 bits per heavy atom. The third-order valence-electron chi connectivity index (χ3n) is 6.91. The van der Waals surface area contributed by atoms with Crippen LogP contribution in [-0.2, 0) is 26.2 Å². The first-order valence-electron chi connectivity index (χ1n) is 13.3. The van der Waals surface area contributed by atoms with Crippen LogP contribution in [0.1, 0.15) is 43.0 Å². The molecule has 0 saturated heterocycles. The summed E-state index contributed by atoms with van der Waals surface area (Å²) in [6.45, 7) is 11.5. The number of carbonyl (C=O) groups is 2. The number of rotatable bonds is 11. The lowest BCUT2D eigenvalue weighted by atomic mass is 10.1. The molecule has 0 spiro atoms. The second-order valence-electron chi connectivity index (χ2n) is 10.5. The van der Waals surface area contributed by atoms with Crippen molar-refractivity contribution in [2.45, 2.75) is 59.0 Å². The normalized spacial score (nSPS) is 12.2. The van der Waals surface area contributed by atoms with E-state index in [9.17, 15) is 18.0 Å². The molecule has 0 aliphatic rings. The number of hydrogen-bond acceptors (Lipinski definition) is 4. The van der Waals surface area contributed by atoms with Crippen molar-refractivity contribution >= 4 is 39.1 Å². The van der Waals surface area contributed by atoms with Gasteiger partial charge in [0.1, 0.15) is 12.6 Å². The van der Waals surface area contributed by atoms with Gasteiger partial charge in [0.2, 0.25) is 11.8 Å². The molecule has 0 radical (unpaired) electrons. The van der Waals surface area contributed by atoms with Crippen LogP contribution in [0.25, 0.3) is 0 Å². The first-order valence-corrected chi connectivity index (χ1v) is 15.1. The summed E-state index contributed by atoms with van der Waals surface area (Å²) in [4.78, 5) is 28.6. The summed E-state index contributed by atoms with van der Waals surface area (Å²) < 4.78 is 29.0. The molecule has 0 heterocycles. The van der Waals surface area contributed by atoms with Crippen LogP contribution in [0.5, 0.6) is 0 Å². The number of nitrogens with zero attached hydrogens (tertiary/aromatic N) is 2. The van der Waals surface area contributed by atoms with Crippen LogP contribution in [-0.4, -0.2) is 44.3 Å². The highest BCUT2D eigenvalue weighted by Gasteiger charge is 2.33. The van der Waals surface area contributed by atoms with E-state index in [1.807, 2.05) is 65.0 Å². The molecule has 3 aromatic carbocycles. The van der Waals surface area contributed by atoms with Crippen molar-refractivity contribution in [2.75, 3.05) is 17.4 Å². The molecule has 0 aliphatic carbocycles. The number of carbonyl (C=O) groups excluding carboxylic acids is 2. The van der Waals surface area contributed by atoms with Gasteiger partial charge < -0.3 is 10.2 Å². The molecule has 7 nitrogen and oxygen atoms in total. The van der Waals surface area contributed by atoms with Gasteiger partial charge in [0, 0.05) is 18.1 Å². The van der Waals surface area contributed by atoms with Gasteiger partial charge in [-0.2, -0.15) is 0 Å². The highest BCUT2D eigenvalue weighted by atomic mass is 35.5. The van der Waals surface area contributed by atoms with Gasteiger partial charge in [0.15, 0.2) is 0 Å². The lowest BCUT2D eigenvalue weighted by molar-refractivity contribution is -0.139. The maximum Gasteiger partial charge on any atom is 0.264 e. The van der Waals surface area contributed by atoms with Gasteiger partial charge in [-0.3, -0.25) is 13.9 Å². The molecule has 1 atom stereocenters. The molecule has 0 unspecified atom stereocenters. The molecule has 2 amide bonds. The Labute approximate surface area is 243 Å². The van der Waals surface area contributed by atoms with Crippen LogP contribution in [0, 0.1) is 26.7 Å². The second kappa shape index (κ2) is 13.3. The van der Waals surface area contributed by atoms with E-state index in [1.165, 1.54) is 29.2 Å². The van der Waals surface area contributed by atoms with E-state index >= 15 is 0 Å². The summed E-state index contributed by atoms with van der Waals surface area (Å²) in [5, 5.41) is 3.30. The minimum Gasteiger partial charge on any atom is -0.354 e. The largest absolute Gasteiger partial charge is 0.354 e. The van der Waals surface area contributed by atoms with Crippen molar-refractivity contribution in [2.24, 2.45) is 5.92 Å². The molecular weight excluding hydrogens is 546 g/mol. The predicted molar refractivity (Wildman–Crippen MR) is 161 cm³/mol. The van der Waals surface area contributed by atoms with Crippen LogP contribution >= 0.6 is 11.6 Å². The summed E-state index contributed by atoms with van der Waals surface area (Å²) >= 11 is 6.01. The van der Waals surface area contributed by atoms with Crippen molar-refractivity contribution < 1.29 is 18.0 Å². The number of benzene rings is 3. The summed E-state index contributed by atoms with van der Waals surface area (Å²) in [5.41, 5.74) is 4.08. The summed E-state index contributed by atoms with van der Waals surface area (Å²) in [6, 6.07) is 17.9. The topological polar surface area (TPSA) is 86.8 Å². The molecule has 0 bridgehead atoms. The highest BCUT2D eigenvalue weighted by Crippen LogP contribution is 2.27. The van der Waals surface area contributed by atoms with Crippen LogP contribution in [0.15, 0.2) is 71.6 Å². The standard InChI is InChI=1S/C31H38ClN3O4S/c1-21(2)18-33-31(37)25(6)34(19-26-10-8-7-9-23(26)4)30(36)20-35(28-14-11-22(3)24(5)17-28)40(38,39)29-15-12-27(32)13-16-29/h7-17,21,25H,18-20H2,1-6H3,(H,33,37)/t25-/m1/s1.